The van der Waals surface area contributed by atoms with E-state index in [1.54, 1.807) is 4.90 Å². The Balaban J connectivity index is 2.10. The van der Waals surface area contributed by atoms with Crippen LogP contribution in [0.25, 0.3) is 0 Å². The highest BCUT2D eigenvalue weighted by molar-refractivity contribution is 5.81. The number of hydrogen-bond acceptors (Lipinski definition) is 3. The third-order valence-electron chi connectivity index (χ3n) is 3.95. The number of nitrogens with two attached hydrogens (primary N) is 1. The first kappa shape index (κ1) is 13.9. The quantitative estimate of drug-likeness (QED) is 0.850. The maximum absolute atomic E-state index is 12.4. The van der Waals surface area contributed by atoms with Gasteiger partial charge in [-0.1, -0.05) is 19.1 Å². The molecule has 1 saturated heterocycles. The number of carbonyl (C=O) groups is 1. The first-order chi connectivity index (χ1) is 9.00. The summed E-state index contributed by atoms with van der Waals surface area (Å²) in [5.41, 5.74) is 7.55. The van der Waals surface area contributed by atoms with Gasteiger partial charge in [0, 0.05) is 19.3 Å². The molecule has 1 fully saturated rings. The van der Waals surface area contributed by atoms with E-state index >= 15 is 0 Å². The lowest BCUT2D eigenvalue weighted by molar-refractivity contribution is -0.143. The zero-order valence-electron chi connectivity index (χ0n) is 11.8. The fourth-order valence-corrected chi connectivity index (χ4v) is 2.45. The second-order valence-corrected chi connectivity index (χ2v) is 5.35. The maximum Gasteiger partial charge on any atom is 0.252 e. The summed E-state index contributed by atoms with van der Waals surface area (Å²) >= 11 is 0. The van der Waals surface area contributed by atoms with Crippen LogP contribution in [0.3, 0.4) is 0 Å². The number of ether oxygens (including phenoxy) is 1. The molecule has 4 nitrogen and oxygen atoms in total. The van der Waals surface area contributed by atoms with Gasteiger partial charge in [-0.2, -0.15) is 0 Å². The average Bonchev–Trinajstić information content (AvgIpc) is 2.82. The summed E-state index contributed by atoms with van der Waals surface area (Å²) in [6.07, 6.45) is 0.658. The molecule has 0 aliphatic carbocycles. The van der Waals surface area contributed by atoms with Crippen LogP contribution in [0.5, 0.6) is 0 Å². The van der Waals surface area contributed by atoms with Crippen LogP contribution in [0.1, 0.15) is 31.9 Å². The molecular weight excluding hydrogens is 240 g/mol. The van der Waals surface area contributed by atoms with E-state index in [0.717, 1.165) is 17.7 Å². The van der Waals surface area contributed by atoms with Crippen molar-refractivity contribution in [2.75, 3.05) is 19.4 Å². The van der Waals surface area contributed by atoms with E-state index in [-0.39, 0.29) is 18.1 Å². The van der Waals surface area contributed by atoms with Crippen LogP contribution in [0, 0.1) is 5.92 Å². The Morgan fingerprint density at radius 1 is 1.53 bits per heavy atom. The third kappa shape index (κ3) is 2.89. The standard InChI is InChI=1S/C15H22N2O2/c1-10-7-8-19-14(10)15(18)17(3)11(2)12-5-4-6-13(16)9-12/h4-6,9-11,14H,7-8,16H2,1-3H3. The molecule has 1 aliphatic heterocycles. The molecule has 3 unspecified atom stereocenters. The zero-order valence-corrected chi connectivity index (χ0v) is 11.8. The van der Waals surface area contributed by atoms with E-state index < -0.39 is 0 Å². The molecule has 0 bridgehead atoms. The van der Waals surface area contributed by atoms with Crippen LogP contribution in [0.15, 0.2) is 24.3 Å². The Bertz CT molecular complexity index is 461. The molecule has 2 N–H and O–H groups in total. The number of benzene rings is 1. The van der Waals surface area contributed by atoms with Gasteiger partial charge >= 0.3 is 0 Å². The largest absolute Gasteiger partial charge is 0.399 e. The molecule has 1 amide bonds. The summed E-state index contributed by atoms with van der Waals surface area (Å²) in [6.45, 7) is 4.75. The Kier molecular flexibility index (Phi) is 4.10. The summed E-state index contributed by atoms with van der Waals surface area (Å²) in [4.78, 5) is 14.2. The number of nitrogens with zero attached hydrogens (tertiary/aromatic N) is 1. The van der Waals surface area contributed by atoms with Crippen LogP contribution in [0.4, 0.5) is 5.69 Å². The van der Waals surface area contributed by atoms with Crippen LogP contribution >= 0.6 is 0 Å². The molecule has 3 atom stereocenters. The number of rotatable bonds is 3. The van der Waals surface area contributed by atoms with Crippen molar-refractivity contribution < 1.29 is 9.53 Å². The van der Waals surface area contributed by atoms with E-state index in [1.807, 2.05) is 38.2 Å². The topological polar surface area (TPSA) is 55.6 Å². The van der Waals surface area contributed by atoms with Gasteiger partial charge < -0.3 is 15.4 Å². The molecule has 1 aromatic carbocycles. The normalized spacial score (nSPS) is 24.2. The molecular formula is C15H22N2O2. The Hall–Kier alpha value is -1.55. The SMILES string of the molecule is CC1CCOC1C(=O)N(C)C(C)c1cccc(N)c1. The first-order valence-corrected chi connectivity index (χ1v) is 6.74. The van der Waals surface area contributed by atoms with E-state index in [1.165, 1.54) is 0 Å². The fourth-order valence-electron chi connectivity index (χ4n) is 2.45. The molecule has 0 spiro atoms. The van der Waals surface area contributed by atoms with Gasteiger partial charge in [0.2, 0.25) is 0 Å². The van der Waals surface area contributed by atoms with Gasteiger partial charge in [0.05, 0.1) is 6.04 Å². The van der Waals surface area contributed by atoms with Gasteiger partial charge in [0.25, 0.3) is 5.91 Å². The van der Waals surface area contributed by atoms with Crippen molar-refractivity contribution in [3.05, 3.63) is 29.8 Å². The third-order valence-corrected chi connectivity index (χ3v) is 3.95. The molecule has 104 valence electrons. The Morgan fingerprint density at radius 2 is 2.26 bits per heavy atom. The van der Waals surface area contributed by atoms with Gasteiger partial charge in [-0.25, -0.2) is 0 Å². The van der Waals surface area contributed by atoms with Crippen molar-refractivity contribution in [3.63, 3.8) is 0 Å². The number of carbonyl (C=O) groups excluding carboxylic acids is 1. The fraction of sp³-hybridized carbons (Fsp3) is 0.533. The minimum Gasteiger partial charge on any atom is -0.399 e. The summed E-state index contributed by atoms with van der Waals surface area (Å²) in [7, 11) is 1.82. The summed E-state index contributed by atoms with van der Waals surface area (Å²) in [6, 6.07) is 7.65. The average molecular weight is 262 g/mol. The van der Waals surface area contributed by atoms with E-state index in [0.29, 0.717) is 12.5 Å². The second-order valence-electron chi connectivity index (χ2n) is 5.35. The highest BCUT2D eigenvalue weighted by atomic mass is 16.5. The zero-order chi connectivity index (χ0) is 14.0. The lowest BCUT2D eigenvalue weighted by Gasteiger charge is -2.29. The lowest BCUT2D eigenvalue weighted by atomic mass is 10.0. The minimum atomic E-state index is -0.298. The van der Waals surface area contributed by atoms with Crippen LogP contribution in [-0.2, 0) is 9.53 Å². The van der Waals surface area contributed by atoms with Crippen molar-refractivity contribution in [3.8, 4) is 0 Å². The molecule has 1 aromatic rings. The molecule has 0 radical (unpaired) electrons. The Morgan fingerprint density at radius 3 is 2.84 bits per heavy atom. The molecule has 2 rings (SSSR count). The van der Waals surface area contributed by atoms with Gasteiger partial charge in [-0.3, -0.25) is 4.79 Å². The highest BCUT2D eigenvalue weighted by Gasteiger charge is 2.34. The van der Waals surface area contributed by atoms with Gasteiger partial charge in [-0.05, 0) is 37.0 Å². The van der Waals surface area contributed by atoms with Crippen molar-refractivity contribution in [2.45, 2.75) is 32.4 Å². The molecule has 19 heavy (non-hydrogen) atoms. The number of likely N-dealkylation sites (N-methyl/N-ethyl adjacent to an activating group) is 1. The minimum absolute atomic E-state index is 0.00704. The maximum atomic E-state index is 12.4. The summed E-state index contributed by atoms with van der Waals surface area (Å²) < 4.78 is 5.54. The predicted octanol–water partition coefficient (Wildman–Crippen LogP) is 2.21. The highest BCUT2D eigenvalue weighted by Crippen LogP contribution is 2.26. The van der Waals surface area contributed by atoms with Crippen LogP contribution in [-0.4, -0.2) is 30.6 Å². The van der Waals surface area contributed by atoms with E-state index in [4.69, 9.17) is 10.5 Å². The summed E-state index contributed by atoms with van der Waals surface area (Å²) in [5.74, 6) is 0.350. The van der Waals surface area contributed by atoms with Crippen molar-refractivity contribution in [1.29, 1.82) is 0 Å². The number of anilines is 1. The lowest BCUT2D eigenvalue weighted by Crippen LogP contribution is -2.40. The molecule has 0 aromatic heterocycles. The molecule has 1 aliphatic rings. The monoisotopic (exact) mass is 262 g/mol. The molecule has 0 saturated carbocycles. The smallest absolute Gasteiger partial charge is 0.252 e. The predicted molar refractivity (Wildman–Crippen MR) is 75.6 cm³/mol. The Labute approximate surface area is 114 Å². The second kappa shape index (κ2) is 5.61. The van der Waals surface area contributed by atoms with Crippen molar-refractivity contribution in [2.24, 2.45) is 5.92 Å². The van der Waals surface area contributed by atoms with Gasteiger partial charge in [0.1, 0.15) is 6.10 Å². The summed E-state index contributed by atoms with van der Waals surface area (Å²) in [5, 5.41) is 0. The van der Waals surface area contributed by atoms with Gasteiger partial charge in [-0.15, -0.1) is 0 Å². The van der Waals surface area contributed by atoms with Crippen LogP contribution < -0.4 is 5.73 Å². The number of hydrogen-bond donors (Lipinski definition) is 1. The van der Waals surface area contributed by atoms with E-state index in [2.05, 4.69) is 6.92 Å². The van der Waals surface area contributed by atoms with Crippen molar-refractivity contribution in [1.82, 2.24) is 4.90 Å². The first-order valence-electron chi connectivity index (χ1n) is 6.74. The van der Waals surface area contributed by atoms with Gasteiger partial charge in [0.15, 0.2) is 0 Å². The van der Waals surface area contributed by atoms with E-state index in [9.17, 15) is 4.79 Å². The molecule has 4 heteroatoms. The number of nitrogen functional groups attached to an aromatic ring is 1. The van der Waals surface area contributed by atoms with Crippen molar-refractivity contribution >= 4 is 11.6 Å². The van der Waals surface area contributed by atoms with Crippen LogP contribution in [0.2, 0.25) is 0 Å². The number of amides is 1. The molecule has 1 heterocycles.